The largest absolute Gasteiger partial charge is 1.00 e. The molecule has 32 valence electrons. The minimum Gasteiger partial charge on any atom is -0.390 e. The monoisotopic (exact) mass is 211 g/mol. The summed E-state index contributed by atoms with van der Waals surface area (Å²) in [7, 11) is -3.61. The molecular formula is CH6K3O3Si+3. The van der Waals surface area contributed by atoms with Crippen LogP contribution in [0.2, 0.25) is 6.55 Å². The summed E-state index contributed by atoms with van der Waals surface area (Å²) in [5, 5.41) is 0. The first kappa shape index (κ1) is 23.1. The third-order valence-corrected chi connectivity index (χ3v) is 0. The first-order chi connectivity index (χ1) is 2.00. The summed E-state index contributed by atoms with van der Waals surface area (Å²) < 4.78 is 0. The van der Waals surface area contributed by atoms with E-state index in [0.29, 0.717) is 0 Å². The van der Waals surface area contributed by atoms with Crippen LogP contribution in [0.15, 0.2) is 0 Å². The average molecular weight is 211 g/mol. The average Bonchev–Trinajstić information content (AvgIpc) is 0.722. The SMILES string of the molecule is C[Si](O)(O)O.[K+].[K+].[K+]. The molecule has 0 aromatic heterocycles. The number of hydrogen-bond donors (Lipinski definition) is 3. The Morgan fingerprint density at radius 2 is 0.875 bits per heavy atom. The van der Waals surface area contributed by atoms with Gasteiger partial charge in [0.2, 0.25) is 0 Å². The van der Waals surface area contributed by atoms with E-state index in [9.17, 15) is 0 Å². The van der Waals surface area contributed by atoms with E-state index in [1.807, 2.05) is 0 Å². The third kappa shape index (κ3) is 44.0. The van der Waals surface area contributed by atoms with Crippen LogP contribution in [0, 0.1) is 0 Å². The fourth-order valence-corrected chi connectivity index (χ4v) is 0. The maximum Gasteiger partial charge on any atom is 1.00 e. The fourth-order valence-electron chi connectivity index (χ4n) is 0. The van der Waals surface area contributed by atoms with Gasteiger partial charge in [0, 0.05) is 6.55 Å². The van der Waals surface area contributed by atoms with E-state index < -0.39 is 8.80 Å². The Labute approximate surface area is 178 Å². The van der Waals surface area contributed by atoms with Crippen LogP contribution in [-0.2, 0) is 0 Å². The number of rotatable bonds is 0. The van der Waals surface area contributed by atoms with E-state index in [4.69, 9.17) is 14.4 Å². The van der Waals surface area contributed by atoms with Crippen LogP contribution < -0.4 is 154 Å². The molecule has 0 saturated carbocycles. The van der Waals surface area contributed by atoms with E-state index in [1.54, 1.807) is 0 Å². The van der Waals surface area contributed by atoms with Crippen LogP contribution in [0.3, 0.4) is 0 Å². The second-order valence-corrected chi connectivity index (χ2v) is 2.91. The molecule has 0 radical (unpaired) electrons. The molecule has 0 amide bonds. The number of hydrogen-bond acceptors (Lipinski definition) is 3. The molecule has 0 atom stereocenters. The van der Waals surface area contributed by atoms with Gasteiger partial charge in [0.1, 0.15) is 0 Å². The quantitative estimate of drug-likeness (QED) is 0.349. The van der Waals surface area contributed by atoms with Gasteiger partial charge in [-0.1, -0.05) is 0 Å². The normalized spacial score (nSPS) is 7.50. The van der Waals surface area contributed by atoms with Gasteiger partial charge in [-0.2, -0.15) is 0 Å². The van der Waals surface area contributed by atoms with E-state index >= 15 is 0 Å². The Kier molecular flexibility index (Phi) is 34.7. The van der Waals surface area contributed by atoms with Crippen molar-refractivity contribution < 1.29 is 169 Å². The molecule has 0 bridgehead atoms. The van der Waals surface area contributed by atoms with Gasteiger partial charge in [-0.15, -0.1) is 0 Å². The zero-order chi connectivity index (χ0) is 4.50. The van der Waals surface area contributed by atoms with Gasteiger partial charge in [0.05, 0.1) is 0 Å². The zero-order valence-electron chi connectivity index (χ0n) is 5.84. The second-order valence-electron chi connectivity index (χ2n) is 0.971. The van der Waals surface area contributed by atoms with Gasteiger partial charge in [-0.3, -0.25) is 0 Å². The van der Waals surface area contributed by atoms with Gasteiger partial charge in [-0.05, 0) is 0 Å². The van der Waals surface area contributed by atoms with Crippen molar-refractivity contribution in [2.24, 2.45) is 0 Å². The summed E-state index contributed by atoms with van der Waals surface area (Å²) in [4.78, 5) is 23.3. The van der Waals surface area contributed by atoms with Gasteiger partial charge in [0.15, 0.2) is 0 Å². The molecule has 0 heterocycles. The molecule has 0 unspecified atom stereocenters. The van der Waals surface area contributed by atoms with E-state index in [0.717, 1.165) is 6.55 Å². The maximum atomic E-state index is 7.77. The molecular weight excluding hydrogens is 205 g/mol. The summed E-state index contributed by atoms with van der Waals surface area (Å²) in [5.74, 6) is 0. The summed E-state index contributed by atoms with van der Waals surface area (Å²) in [6.45, 7) is 0.993. The van der Waals surface area contributed by atoms with Crippen molar-refractivity contribution in [1.82, 2.24) is 0 Å². The molecule has 0 aromatic rings. The predicted molar refractivity (Wildman–Crippen MR) is 18.3 cm³/mol. The second kappa shape index (κ2) is 12.0. The molecule has 0 aromatic carbocycles. The van der Waals surface area contributed by atoms with Crippen LogP contribution in [0.4, 0.5) is 0 Å². The van der Waals surface area contributed by atoms with Crippen LogP contribution >= 0.6 is 0 Å². The van der Waals surface area contributed by atoms with Crippen molar-refractivity contribution in [2.45, 2.75) is 6.55 Å². The minimum absolute atomic E-state index is 0. The summed E-state index contributed by atoms with van der Waals surface area (Å²) in [5.41, 5.74) is 0. The Bertz CT molecular complexity index is 30.0. The van der Waals surface area contributed by atoms with Gasteiger partial charge in [0.25, 0.3) is 0 Å². The molecule has 0 fully saturated rings. The molecule has 0 rings (SSSR count). The molecule has 3 N–H and O–H groups in total. The molecule has 7 heteroatoms. The summed E-state index contributed by atoms with van der Waals surface area (Å²) in [6, 6.07) is 0. The zero-order valence-corrected chi connectivity index (χ0v) is 16.2. The smallest absolute Gasteiger partial charge is 0.390 e. The van der Waals surface area contributed by atoms with Crippen LogP contribution in [-0.4, -0.2) is 23.2 Å². The van der Waals surface area contributed by atoms with E-state index in [-0.39, 0.29) is 154 Å². The van der Waals surface area contributed by atoms with Crippen molar-refractivity contribution in [1.29, 1.82) is 0 Å². The molecule has 0 aliphatic rings. The first-order valence-electron chi connectivity index (χ1n) is 1.17. The third-order valence-electron chi connectivity index (χ3n) is 0. The minimum atomic E-state index is -3.61. The molecule has 8 heavy (non-hydrogen) atoms. The fraction of sp³-hybridized carbons (Fsp3) is 1.00. The summed E-state index contributed by atoms with van der Waals surface area (Å²) in [6.07, 6.45) is 0. The van der Waals surface area contributed by atoms with Crippen LogP contribution in [0.5, 0.6) is 0 Å². The van der Waals surface area contributed by atoms with Crippen molar-refractivity contribution in [3.05, 3.63) is 0 Å². The van der Waals surface area contributed by atoms with Crippen molar-refractivity contribution >= 4 is 8.80 Å². The standard InChI is InChI=1S/CH6O3Si.3K/c1-5(2,3)4;;;/h2-4H,1H3;;;/q;3*+1. The van der Waals surface area contributed by atoms with E-state index in [2.05, 4.69) is 0 Å². The molecule has 0 aliphatic carbocycles. The van der Waals surface area contributed by atoms with Crippen LogP contribution in [0.1, 0.15) is 0 Å². The van der Waals surface area contributed by atoms with Crippen molar-refractivity contribution in [3.8, 4) is 0 Å². The first-order valence-corrected chi connectivity index (χ1v) is 3.51. The summed E-state index contributed by atoms with van der Waals surface area (Å²) >= 11 is 0. The molecule has 3 nitrogen and oxygen atoms in total. The maximum absolute atomic E-state index is 7.77. The Hall–Kier alpha value is 5.01. The molecule has 0 aliphatic heterocycles. The van der Waals surface area contributed by atoms with Crippen LogP contribution in [0.25, 0.3) is 0 Å². The van der Waals surface area contributed by atoms with E-state index in [1.165, 1.54) is 0 Å². The molecule has 0 spiro atoms. The van der Waals surface area contributed by atoms with Crippen molar-refractivity contribution in [3.63, 3.8) is 0 Å². The topological polar surface area (TPSA) is 60.7 Å². The van der Waals surface area contributed by atoms with Gasteiger partial charge in [-0.25, -0.2) is 0 Å². The Morgan fingerprint density at radius 3 is 0.875 bits per heavy atom. The molecule has 0 saturated heterocycles. The Morgan fingerprint density at radius 1 is 0.875 bits per heavy atom. The predicted octanol–water partition coefficient (Wildman–Crippen LogP) is -10.5. The van der Waals surface area contributed by atoms with Crippen molar-refractivity contribution in [2.75, 3.05) is 0 Å². The van der Waals surface area contributed by atoms with Gasteiger partial charge < -0.3 is 14.4 Å². The Balaban J connectivity index is -0.0000000267. The van der Waals surface area contributed by atoms with Gasteiger partial charge >= 0.3 is 163 Å².